The van der Waals surface area contributed by atoms with Gasteiger partial charge < -0.3 is 0 Å². The van der Waals surface area contributed by atoms with E-state index in [2.05, 4.69) is 21.2 Å². The van der Waals surface area contributed by atoms with Crippen LogP contribution in [0.1, 0.15) is 6.42 Å². The lowest BCUT2D eigenvalue weighted by Crippen LogP contribution is -2.49. The van der Waals surface area contributed by atoms with Crippen molar-refractivity contribution in [1.82, 2.24) is 5.32 Å². The number of halogens is 2. The van der Waals surface area contributed by atoms with E-state index < -0.39 is 11.8 Å². The number of amides is 3. The number of hydrogen-bond acceptors (Lipinski definition) is 2. The van der Waals surface area contributed by atoms with Crippen molar-refractivity contribution >= 4 is 33.6 Å². The average molecular weight is 287 g/mol. The molecule has 3 amide bonds. The number of rotatable bonds is 1. The van der Waals surface area contributed by atoms with Gasteiger partial charge in [0.15, 0.2) is 0 Å². The summed E-state index contributed by atoms with van der Waals surface area (Å²) < 4.78 is 13.5. The lowest BCUT2D eigenvalue weighted by molar-refractivity contribution is -0.120. The van der Waals surface area contributed by atoms with Gasteiger partial charge in [-0.15, -0.1) is 0 Å². The third-order valence-corrected chi connectivity index (χ3v) is 3.06. The fourth-order valence-electron chi connectivity index (χ4n) is 1.49. The molecule has 0 aromatic heterocycles. The van der Waals surface area contributed by atoms with E-state index in [0.29, 0.717) is 5.69 Å². The zero-order chi connectivity index (χ0) is 11.7. The molecule has 0 aliphatic carbocycles. The molecule has 0 radical (unpaired) electrons. The molecule has 0 unspecified atom stereocenters. The van der Waals surface area contributed by atoms with Crippen molar-refractivity contribution < 1.29 is 14.0 Å². The smallest absolute Gasteiger partial charge is 0.292 e. The van der Waals surface area contributed by atoms with Crippen LogP contribution >= 0.6 is 15.9 Å². The van der Waals surface area contributed by atoms with Crippen molar-refractivity contribution in [3.63, 3.8) is 0 Å². The molecule has 0 atom stereocenters. The molecule has 1 N–H and O–H groups in total. The van der Waals surface area contributed by atoms with Crippen LogP contribution in [0.4, 0.5) is 14.9 Å². The second-order valence-corrected chi connectivity index (χ2v) is 4.12. The zero-order valence-corrected chi connectivity index (χ0v) is 9.75. The number of anilines is 1. The van der Waals surface area contributed by atoms with Crippen LogP contribution in [0.2, 0.25) is 0 Å². The summed E-state index contributed by atoms with van der Waals surface area (Å²) in [7, 11) is 0. The molecule has 1 aromatic carbocycles. The minimum atomic E-state index is -0.525. The molecule has 1 saturated heterocycles. The molecule has 16 heavy (non-hydrogen) atoms. The van der Waals surface area contributed by atoms with Crippen LogP contribution in [0.15, 0.2) is 22.7 Å². The van der Waals surface area contributed by atoms with Gasteiger partial charge >= 0.3 is 6.03 Å². The number of carbonyl (C=O) groups excluding carboxylic acids is 2. The first-order valence-corrected chi connectivity index (χ1v) is 5.44. The first-order valence-electron chi connectivity index (χ1n) is 4.65. The quantitative estimate of drug-likeness (QED) is 0.859. The molecular formula is C10H8BrFN2O2. The van der Waals surface area contributed by atoms with Crippen LogP contribution < -0.4 is 10.2 Å². The minimum absolute atomic E-state index is 0.217. The van der Waals surface area contributed by atoms with Crippen LogP contribution in [-0.2, 0) is 4.79 Å². The fourth-order valence-corrected chi connectivity index (χ4v) is 1.97. The Labute approximate surface area is 99.6 Å². The second-order valence-electron chi connectivity index (χ2n) is 3.33. The first kappa shape index (κ1) is 11.1. The summed E-state index contributed by atoms with van der Waals surface area (Å²) in [6.45, 7) is 0.257. The van der Waals surface area contributed by atoms with Gasteiger partial charge in [-0.05, 0) is 28.1 Å². The largest absolute Gasteiger partial charge is 0.328 e. The highest BCUT2D eigenvalue weighted by atomic mass is 79.9. The summed E-state index contributed by atoms with van der Waals surface area (Å²) >= 11 is 3.08. The summed E-state index contributed by atoms with van der Waals surface area (Å²) in [5.74, 6) is -0.754. The van der Waals surface area contributed by atoms with E-state index in [1.807, 2.05) is 0 Å². The average Bonchev–Trinajstić information content (AvgIpc) is 2.23. The minimum Gasteiger partial charge on any atom is -0.292 e. The van der Waals surface area contributed by atoms with Gasteiger partial charge in [-0.3, -0.25) is 15.0 Å². The van der Waals surface area contributed by atoms with Gasteiger partial charge in [0, 0.05) is 13.0 Å². The molecule has 0 spiro atoms. The number of urea groups is 1. The number of carbonyl (C=O) groups is 2. The van der Waals surface area contributed by atoms with E-state index in [-0.39, 0.29) is 23.3 Å². The number of nitrogens with one attached hydrogen (secondary N) is 1. The lowest BCUT2D eigenvalue weighted by Gasteiger charge is -2.27. The van der Waals surface area contributed by atoms with E-state index >= 15 is 0 Å². The van der Waals surface area contributed by atoms with Crippen LogP contribution in [0.3, 0.4) is 0 Å². The van der Waals surface area contributed by atoms with Crippen molar-refractivity contribution in [2.45, 2.75) is 6.42 Å². The van der Waals surface area contributed by atoms with Crippen LogP contribution in [-0.4, -0.2) is 18.5 Å². The van der Waals surface area contributed by atoms with Crippen molar-refractivity contribution in [2.24, 2.45) is 0 Å². The summed E-state index contributed by atoms with van der Waals surface area (Å²) in [5, 5.41) is 2.18. The lowest BCUT2D eigenvalue weighted by atomic mass is 10.2. The SMILES string of the molecule is O=C1CCN(c2cccc(F)c2Br)C(=O)N1. The zero-order valence-electron chi connectivity index (χ0n) is 8.17. The van der Waals surface area contributed by atoms with E-state index in [1.54, 1.807) is 6.07 Å². The van der Waals surface area contributed by atoms with Crippen molar-refractivity contribution in [1.29, 1.82) is 0 Å². The van der Waals surface area contributed by atoms with Crippen LogP contribution in [0, 0.1) is 5.82 Å². The molecule has 1 aliphatic rings. The van der Waals surface area contributed by atoms with Gasteiger partial charge in [0.2, 0.25) is 5.91 Å². The monoisotopic (exact) mass is 286 g/mol. The van der Waals surface area contributed by atoms with Gasteiger partial charge in [-0.1, -0.05) is 6.07 Å². The van der Waals surface area contributed by atoms with Crippen molar-refractivity contribution in [2.75, 3.05) is 11.4 Å². The van der Waals surface area contributed by atoms with Gasteiger partial charge in [0.1, 0.15) is 5.82 Å². The summed E-state index contributed by atoms with van der Waals surface area (Å²) in [6, 6.07) is 3.89. The topological polar surface area (TPSA) is 49.4 Å². The molecule has 4 nitrogen and oxygen atoms in total. The van der Waals surface area contributed by atoms with Gasteiger partial charge in [0.25, 0.3) is 0 Å². The third kappa shape index (κ3) is 1.92. The Bertz CT molecular complexity index is 464. The molecule has 1 aliphatic heterocycles. The normalized spacial score (nSPS) is 16.2. The number of nitrogens with zero attached hydrogens (tertiary/aromatic N) is 1. The standard InChI is InChI=1S/C10H8BrFN2O2/c11-9-6(12)2-1-3-7(9)14-5-4-8(15)13-10(14)16/h1-3H,4-5H2,(H,13,15,16). The molecule has 1 fully saturated rings. The number of benzene rings is 1. The van der Waals surface area contributed by atoms with Crippen LogP contribution in [0.5, 0.6) is 0 Å². The van der Waals surface area contributed by atoms with E-state index in [9.17, 15) is 14.0 Å². The molecule has 0 saturated carbocycles. The Morgan fingerprint density at radius 2 is 2.12 bits per heavy atom. The van der Waals surface area contributed by atoms with Crippen molar-refractivity contribution in [3.05, 3.63) is 28.5 Å². The van der Waals surface area contributed by atoms with Crippen molar-refractivity contribution in [3.8, 4) is 0 Å². The second kappa shape index (κ2) is 4.21. The molecular weight excluding hydrogens is 279 g/mol. The summed E-state index contributed by atoms with van der Waals surface area (Å²) in [6.07, 6.45) is 0.217. The summed E-state index contributed by atoms with van der Waals surface area (Å²) in [4.78, 5) is 23.8. The highest BCUT2D eigenvalue weighted by Crippen LogP contribution is 2.29. The maximum atomic E-state index is 13.3. The summed E-state index contributed by atoms with van der Waals surface area (Å²) in [5.41, 5.74) is 0.421. The molecule has 6 heteroatoms. The van der Waals surface area contributed by atoms with E-state index in [4.69, 9.17) is 0 Å². The molecule has 84 valence electrons. The maximum Gasteiger partial charge on any atom is 0.328 e. The Kier molecular flexibility index (Phi) is 2.91. The molecule has 1 heterocycles. The Morgan fingerprint density at radius 1 is 1.38 bits per heavy atom. The predicted molar refractivity (Wildman–Crippen MR) is 59.6 cm³/mol. The van der Waals surface area contributed by atoms with Crippen LogP contribution in [0.25, 0.3) is 0 Å². The predicted octanol–water partition coefficient (Wildman–Crippen LogP) is 2.03. The first-order chi connectivity index (χ1) is 7.59. The highest BCUT2D eigenvalue weighted by Gasteiger charge is 2.26. The van der Waals surface area contributed by atoms with E-state index in [1.165, 1.54) is 17.0 Å². The van der Waals surface area contributed by atoms with E-state index in [0.717, 1.165) is 0 Å². The highest BCUT2D eigenvalue weighted by molar-refractivity contribution is 9.10. The Balaban J connectivity index is 2.34. The Hall–Kier alpha value is -1.43. The molecule has 1 aromatic rings. The number of imide groups is 1. The Morgan fingerprint density at radius 3 is 2.81 bits per heavy atom. The van der Waals surface area contributed by atoms with Gasteiger partial charge in [-0.25, -0.2) is 9.18 Å². The van der Waals surface area contributed by atoms with Gasteiger partial charge in [-0.2, -0.15) is 0 Å². The fraction of sp³-hybridized carbons (Fsp3) is 0.200. The third-order valence-electron chi connectivity index (χ3n) is 2.28. The maximum absolute atomic E-state index is 13.3. The molecule has 0 bridgehead atoms. The van der Waals surface area contributed by atoms with Gasteiger partial charge in [0.05, 0.1) is 10.2 Å². The number of hydrogen-bond donors (Lipinski definition) is 1. The molecule has 2 rings (SSSR count).